The fourth-order valence-corrected chi connectivity index (χ4v) is 6.36. The first-order valence-corrected chi connectivity index (χ1v) is 15.5. The number of nitrogens with two attached hydrogens (primary N) is 1. The number of aromatic nitrogens is 5. The SMILES string of the molecule is COc1cc(C(=O)N2C[C@H](N)C[C@@H](F)C2)cc2nc(-c3cc4ccc(-c5ccc(C(=O)N(C)C)nc5)nc4n3CC3CC3)n(C)c12. The Hall–Kier alpha value is -4.84. The van der Waals surface area contributed by atoms with Crippen LogP contribution >= 0.6 is 0 Å². The third-order valence-corrected chi connectivity index (χ3v) is 8.92. The van der Waals surface area contributed by atoms with Crippen LogP contribution < -0.4 is 10.5 Å². The Morgan fingerprint density at radius 3 is 2.57 bits per heavy atom. The van der Waals surface area contributed by atoms with Crippen molar-refractivity contribution in [1.82, 2.24) is 33.9 Å². The van der Waals surface area contributed by atoms with Crippen molar-refractivity contribution in [3.63, 3.8) is 0 Å². The van der Waals surface area contributed by atoms with Gasteiger partial charge in [-0.05, 0) is 67.6 Å². The molecule has 2 fully saturated rings. The summed E-state index contributed by atoms with van der Waals surface area (Å²) in [4.78, 5) is 43.3. The van der Waals surface area contributed by atoms with Crippen LogP contribution in [0.2, 0.25) is 0 Å². The summed E-state index contributed by atoms with van der Waals surface area (Å²) in [7, 11) is 6.90. The first kappa shape index (κ1) is 29.8. The summed E-state index contributed by atoms with van der Waals surface area (Å²) in [5, 5.41) is 0.976. The number of carbonyl (C=O) groups is 2. The lowest BCUT2D eigenvalue weighted by molar-refractivity contribution is 0.0606. The molecule has 0 radical (unpaired) electrons. The zero-order chi connectivity index (χ0) is 32.3. The number of imidazole rings is 1. The summed E-state index contributed by atoms with van der Waals surface area (Å²) in [5.41, 5.74) is 11.5. The molecule has 1 aromatic carbocycles. The van der Waals surface area contributed by atoms with Crippen LogP contribution in [0, 0.1) is 5.92 Å². The van der Waals surface area contributed by atoms with Gasteiger partial charge in [0.2, 0.25) is 0 Å². The Kier molecular flexibility index (Phi) is 7.47. The fourth-order valence-electron chi connectivity index (χ4n) is 6.36. The number of aryl methyl sites for hydroxylation is 1. The van der Waals surface area contributed by atoms with Crippen LogP contribution in [-0.2, 0) is 13.6 Å². The molecule has 2 amide bonds. The van der Waals surface area contributed by atoms with Crippen LogP contribution in [0.25, 0.3) is 44.8 Å². The highest BCUT2D eigenvalue weighted by molar-refractivity contribution is 6.00. The zero-order valence-corrected chi connectivity index (χ0v) is 26.4. The number of hydrogen-bond donors (Lipinski definition) is 1. The molecule has 2 N–H and O–H groups in total. The molecule has 1 aliphatic carbocycles. The Labute approximate surface area is 265 Å². The van der Waals surface area contributed by atoms with Crippen molar-refractivity contribution in [3.05, 3.63) is 59.9 Å². The van der Waals surface area contributed by atoms with Crippen molar-refractivity contribution in [3.8, 4) is 28.5 Å². The summed E-state index contributed by atoms with van der Waals surface area (Å²) in [5.74, 6) is 1.33. The number of halogens is 1. The van der Waals surface area contributed by atoms with Gasteiger partial charge in [-0.2, -0.15) is 0 Å². The third kappa shape index (κ3) is 5.36. The van der Waals surface area contributed by atoms with E-state index in [-0.39, 0.29) is 24.8 Å². The summed E-state index contributed by atoms with van der Waals surface area (Å²) >= 11 is 0. The highest BCUT2D eigenvalue weighted by Gasteiger charge is 2.30. The van der Waals surface area contributed by atoms with Gasteiger partial charge in [-0.3, -0.25) is 14.6 Å². The first-order chi connectivity index (χ1) is 22.1. The smallest absolute Gasteiger partial charge is 0.271 e. The maximum absolute atomic E-state index is 14.3. The number of fused-ring (bicyclic) bond motifs is 2. The van der Waals surface area contributed by atoms with Gasteiger partial charge in [-0.25, -0.2) is 14.4 Å². The molecule has 2 aliphatic rings. The molecular formula is C34H37FN8O3. The predicted octanol–water partition coefficient (Wildman–Crippen LogP) is 4.28. The van der Waals surface area contributed by atoms with Crippen molar-refractivity contribution in [2.75, 3.05) is 34.3 Å². The van der Waals surface area contributed by atoms with E-state index in [1.165, 1.54) is 9.80 Å². The van der Waals surface area contributed by atoms with Gasteiger partial charge in [0.1, 0.15) is 28.8 Å². The molecule has 4 aromatic heterocycles. The molecule has 0 unspecified atom stereocenters. The van der Waals surface area contributed by atoms with Crippen LogP contribution in [0.4, 0.5) is 4.39 Å². The molecule has 46 heavy (non-hydrogen) atoms. The van der Waals surface area contributed by atoms with Crippen LogP contribution in [0.3, 0.4) is 0 Å². The van der Waals surface area contributed by atoms with E-state index in [4.69, 9.17) is 20.4 Å². The van der Waals surface area contributed by atoms with E-state index >= 15 is 0 Å². The van der Waals surface area contributed by atoms with Gasteiger partial charge >= 0.3 is 0 Å². The van der Waals surface area contributed by atoms with Crippen LogP contribution in [0.1, 0.15) is 40.1 Å². The Bertz CT molecular complexity index is 1970. The maximum Gasteiger partial charge on any atom is 0.271 e. The molecule has 7 rings (SSSR count). The molecule has 1 saturated carbocycles. The number of pyridine rings is 2. The number of piperidine rings is 1. The van der Waals surface area contributed by atoms with Crippen molar-refractivity contribution in [1.29, 1.82) is 0 Å². The number of likely N-dealkylation sites (tertiary alicyclic amines) is 1. The molecule has 5 aromatic rings. The average Bonchev–Trinajstić information content (AvgIpc) is 3.72. The van der Waals surface area contributed by atoms with Crippen molar-refractivity contribution in [2.24, 2.45) is 18.7 Å². The lowest BCUT2D eigenvalue weighted by atomic mass is 10.0. The number of hydrogen-bond acceptors (Lipinski definition) is 7. The lowest BCUT2D eigenvalue weighted by Gasteiger charge is -2.33. The van der Waals surface area contributed by atoms with Gasteiger partial charge < -0.3 is 29.4 Å². The van der Waals surface area contributed by atoms with Gasteiger partial charge in [0.15, 0.2) is 5.82 Å². The second-order valence-electron chi connectivity index (χ2n) is 12.7. The standard InChI is InChI=1S/C34H37FN8O3/c1-40(2)34(45)26-10-8-21(15-37-26)25-9-7-20-12-28(43(31(20)38-25)16-19-5-6-19)32-39-27-11-22(13-29(46-4)30(27)41(32)3)33(44)42-17-23(35)14-24(36)18-42/h7-13,15,19,23-24H,5-6,14,16-18,36H2,1-4H3/t23-,24-/m1/s1. The van der Waals surface area contributed by atoms with Crippen LogP contribution in [0.15, 0.2) is 48.7 Å². The number of alkyl halides is 1. The lowest BCUT2D eigenvalue weighted by Crippen LogP contribution is -2.50. The largest absolute Gasteiger partial charge is 0.494 e. The molecule has 2 atom stereocenters. The molecular weight excluding hydrogens is 587 g/mol. The molecule has 0 bridgehead atoms. The molecule has 0 spiro atoms. The number of methoxy groups -OCH3 is 1. The summed E-state index contributed by atoms with van der Waals surface area (Å²) in [6, 6.07) is 12.7. The summed E-state index contributed by atoms with van der Waals surface area (Å²) < 4.78 is 24.3. The number of nitrogens with zero attached hydrogens (tertiary/aromatic N) is 7. The molecule has 1 saturated heterocycles. The highest BCUT2D eigenvalue weighted by Crippen LogP contribution is 2.38. The Balaban J connectivity index is 1.30. The first-order valence-electron chi connectivity index (χ1n) is 15.5. The van der Waals surface area contributed by atoms with Crippen molar-refractivity contribution in [2.45, 2.75) is 38.0 Å². The van der Waals surface area contributed by atoms with Gasteiger partial charge in [-0.15, -0.1) is 0 Å². The van der Waals surface area contributed by atoms with E-state index in [0.29, 0.717) is 35.0 Å². The molecule has 12 heteroatoms. The zero-order valence-electron chi connectivity index (χ0n) is 26.4. The Morgan fingerprint density at radius 2 is 1.89 bits per heavy atom. The summed E-state index contributed by atoms with van der Waals surface area (Å²) in [6.07, 6.45) is 3.10. The van der Waals surface area contributed by atoms with Crippen LogP contribution in [0.5, 0.6) is 5.75 Å². The van der Waals surface area contributed by atoms with Gasteiger partial charge in [0.05, 0.1) is 30.6 Å². The normalized spacial score (nSPS) is 18.3. The van der Waals surface area contributed by atoms with Crippen molar-refractivity contribution >= 4 is 33.9 Å². The van der Waals surface area contributed by atoms with E-state index in [1.807, 2.05) is 29.8 Å². The number of benzene rings is 1. The number of rotatable bonds is 7. The number of ether oxygens (including phenoxy) is 1. The minimum absolute atomic E-state index is 0.0189. The number of amides is 2. The Morgan fingerprint density at radius 1 is 1.09 bits per heavy atom. The minimum Gasteiger partial charge on any atom is -0.494 e. The fraction of sp³-hybridized carbons (Fsp3) is 0.382. The number of carbonyl (C=O) groups excluding carboxylic acids is 2. The second kappa shape index (κ2) is 11.5. The third-order valence-electron chi connectivity index (χ3n) is 8.92. The van der Waals surface area contributed by atoms with E-state index in [9.17, 15) is 14.0 Å². The van der Waals surface area contributed by atoms with E-state index < -0.39 is 12.2 Å². The predicted molar refractivity (Wildman–Crippen MR) is 173 cm³/mol. The van der Waals surface area contributed by atoms with Gasteiger partial charge in [-0.1, -0.05) is 0 Å². The van der Waals surface area contributed by atoms with E-state index in [0.717, 1.165) is 58.7 Å². The van der Waals surface area contributed by atoms with Crippen molar-refractivity contribution < 1.29 is 18.7 Å². The quantitative estimate of drug-likeness (QED) is 0.287. The second-order valence-corrected chi connectivity index (χ2v) is 12.7. The molecule has 5 heterocycles. The monoisotopic (exact) mass is 624 g/mol. The topological polar surface area (TPSA) is 124 Å². The summed E-state index contributed by atoms with van der Waals surface area (Å²) in [6.45, 7) is 1.12. The minimum atomic E-state index is -1.15. The van der Waals surface area contributed by atoms with Gasteiger partial charge in [0.25, 0.3) is 11.8 Å². The van der Waals surface area contributed by atoms with Gasteiger partial charge in [0, 0.05) is 63.0 Å². The van der Waals surface area contributed by atoms with E-state index in [1.54, 1.807) is 45.6 Å². The maximum atomic E-state index is 14.3. The van der Waals surface area contributed by atoms with Crippen LogP contribution in [-0.4, -0.2) is 92.2 Å². The highest BCUT2D eigenvalue weighted by atomic mass is 19.1. The molecule has 238 valence electrons. The van der Waals surface area contributed by atoms with E-state index in [2.05, 4.69) is 15.6 Å². The molecule has 11 nitrogen and oxygen atoms in total. The average molecular weight is 625 g/mol. The molecule has 1 aliphatic heterocycles.